The molecule has 0 heterocycles. The fourth-order valence-corrected chi connectivity index (χ4v) is 1.61. The second-order valence-corrected chi connectivity index (χ2v) is 4.05. The monoisotopic (exact) mass is 233 g/mol. The van der Waals surface area contributed by atoms with Crippen molar-refractivity contribution in [2.75, 3.05) is 13.1 Å². The Morgan fingerprint density at radius 3 is 2.76 bits per heavy atom. The molecule has 0 aliphatic carbocycles. The number of nitrogens with one attached hydrogen (secondary N) is 1. The molecule has 0 radical (unpaired) electrons. The first-order chi connectivity index (χ1) is 8.20. The molecule has 0 amide bonds. The van der Waals surface area contributed by atoms with Crippen LogP contribution >= 0.6 is 0 Å². The van der Waals surface area contributed by atoms with Crippen molar-refractivity contribution in [2.24, 2.45) is 0 Å². The Kier molecular flexibility index (Phi) is 6.04. The number of benzene rings is 1. The van der Waals surface area contributed by atoms with E-state index >= 15 is 0 Å². The number of hydrogen-bond donors (Lipinski definition) is 2. The zero-order valence-corrected chi connectivity index (χ0v) is 10.1. The van der Waals surface area contributed by atoms with Gasteiger partial charge in [0, 0.05) is 12.6 Å². The largest absolute Gasteiger partial charge is 0.478 e. The second kappa shape index (κ2) is 7.63. The minimum Gasteiger partial charge on any atom is -0.478 e. The first kappa shape index (κ1) is 13.5. The Balaban J connectivity index is 2.17. The number of carbonyl (C=O) groups is 1. The smallest absolute Gasteiger partial charge is 0.328 e. The molecule has 0 aromatic heterocycles. The van der Waals surface area contributed by atoms with Crippen molar-refractivity contribution in [3.05, 3.63) is 48.0 Å². The Labute approximate surface area is 102 Å². The van der Waals surface area contributed by atoms with Crippen LogP contribution in [0.2, 0.25) is 0 Å². The van der Waals surface area contributed by atoms with Gasteiger partial charge in [-0.1, -0.05) is 43.3 Å². The first-order valence-corrected chi connectivity index (χ1v) is 5.85. The minimum atomic E-state index is -0.899. The number of carboxylic acid groups (broad SMARTS) is 1. The van der Waals surface area contributed by atoms with Gasteiger partial charge in [0.15, 0.2) is 0 Å². The van der Waals surface area contributed by atoms with Gasteiger partial charge in [0.25, 0.3) is 0 Å². The lowest BCUT2D eigenvalue weighted by atomic mass is 9.98. The predicted octanol–water partition coefficient (Wildman–Crippen LogP) is 2.41. The molecular weight excluding hydrogens is 214 g/mol. The molecule has 0 aliphatic rings. The van der Waals surface area contributed by atoms with E-state index in [0.717, 1.165) is 19.0 Å². The summed E-state index contributed by atoms with van der Waals surface area (Å²) in [4.78, 5) is 10.2. The average Bonchev–Trinajstić information content (AvgIpc) is 2.34. The third kappa shape index (κ3) is 5.88. The number of hydrogen-bond acceptors (Lipinski definition) is 2. The minimum absolute atomic E-state index is 0.521. The third-order valence-electron chi connectivity index (χ3n) is 2.65. The number of carboxylic acids is 1. The highest BCUT2D eigenvalue weighted by atomic mass is 16.4. The molecule has 0 saturated carbocycles. The van der Waals surface area contributed by atoms with Gasteiger partial charge in [-0.15, -0.1) is 0 Å². The van der Waals surface area contributed by atoms with Crippen LogP contribution in [0.3, 0.4) is 0 Å². The van der Waals surface area contributed by atoms with E-state index in [0.29, 0.717) is 12.5 Å². The van der Waals surface area contributed by atoms with Crippen molar-refractivity contribution in [3.8, 4) is 0 Å². The van der Waals surface area contributed by atoms with Gasteiger partial charge in [-0.3, -0.25) is 0 Å². The van der Waals surface area contributed by atoms with Crippen LogP contribution in [0.25, 0.3) is 0 Å². The van der Waals surface area contributed by atoms with Gasteiger partial charge >= 0.3 is 5.97 Å². The molecule has 3 nitrogen and oxygen atoms in total. The molecule has 1 rings (SSSR count). The summed E-state index contributed by atoms with van der Waals surface area (Å²) >= 11 is 0. The highest BCUT2D eigenvalue weighted by molar-refractivity contribution is 5.79. The lowest BCUT2D eigenvalue weighted by Crippen LogP contribution is -2.17. The van der Waals surface area contributed by atoms with Gasteiger partial charge < -0.3 is 10.4 Å². The van der Waals surface area contributed by atoms with E-state index in [4.69, 9.17) is 5.11 Å². The lowest BCUT2D eigenvalue weighted by Gasteiger charge is -2.11. The maximum atomic E-state index is 10.2. The second-order valence-electron chi connectivity index (χ2n) is 4.05. The Morgan fingerprint density at radius 2 is 2.12 bits per heavy atom. The zero-order valence-electron chi connectivity index (χ0n) is 10.1. The predicted molar refractivity (Wildman–Crippen MR) is 69.1 cm³/mol. The fourth-order valence-electron chi connectivity index (χ4n) is 1.61. The molecule has 1 aromatic rings. The Hall–Kier alpha value is -1.61. The first-order valence-electron chi connectivity index (χ1n) is 5.85. The number of rotatable bonds is 7. The SMILES string of the molecule is CC(CCNC/C=C/C(=O)O)c1ccccc1. The molecule has 0 bridgehead atoms. The molecule has 3 heteroatoms. The summed E-state index contributed by atoms with van der Waals surface area (Å²) in [6, 6.07) is 10.4. The van der Waals surface area contributed by atoms with Crippen molar-refractivity contribution in [1.82, 2.24) is 5.32 Å². The van der Waals surface area contributed by atoms with E-state index in [9.17, 15) is 4.79 Å². The van der Waals surface area contributed by atoms with Crippen molar-refractivity contribution >= 4 is 5.97 Å². The Morgan fingerprint density at radius 1 is 1.41 bits per heavy atom. The van der Waals surface area contributed by atoms with Crippen LogP contribution in [0.15, 0.2) is 42.5 Å². The van der Waals surface area contributed by atoms with Crippen LogP contribution < -0.4 is 5.32 Å². The topological polar surface area (TPSA) is 49.3 Å². The molecule has 92 valence electrons. The normalized spacial score (nSPS) is 12.8. The zero-order chi connectivity index (χ0) is 12.5. The van der Waals surface area contributed by atoms with Gasteiger partial charge in [-0.2, -0.15) is 0 Å². The van der Waals surface area contributed by atoms with E-state index < -0.39 is 5.97 Å². The van der Waals surface area contributed by atoms with Crippen molar-refractivity contribution in [1.29, 1.82) is 0 Å². The lowest BCUT2D eigenvalue weighted by molar-refractivity contribution is -0.131. The Bertz CT molecular complexity index is 360. The summed E-state index contributed by atoms with van der Waals surface area (Å²) in [5.74, 6) is -0.378. The van der Waals surface area contributed by atoms with Gasteiger partial charge in [0.1, 0.15) is 0 Å². The fraction of sp³-hybridized carbons (Fsp3) is 0.357. The third-order valence-corrected chi connectivity index (χ3v) is 2.65. The van der Waals surface area contributed by atoms with Crippen LogP contribution in [0, 0.1) is 0 Å². The van der Waals surface area contributed by atoms with Crippen LogP contribution in [0.4, 0.5) is 0 Å². The maximum absolute atomic E-state index is 10.2. The van der Waals surface area contributed by atoms with E-state index in [2.05, 4.69) is 36.5 Å². The van der Waals surface area contributed by atoms with Gasteiger partial charge in [0.05, 0.1) is 0 Å². The highest BCUT2D eigenvalue weighted by Gasteiger charge is 2.03. The van der Waals surface area contributed by atoms with Crippen molar-refractivity contribution < 1.29 is 9.90 Å². The molecule has 17 heavy (non-hydrogen) atoms. The molecule has 0 saturated heterocycles. The molecule has 0 spiro atoms. The standard InChI is InChI=1S/C14H19NO2/c1-12(13-6-3-2-4-7-13)9-11-15-10-5-8-14(16)17/h2-8,12,15H,9-11H2,1H3,(H,16,17)/b8-5+. The molecule has 0 aliphatic heterocycles. The van der Waals surface area contributed by atoms with Crippen LogP contribution in [0.1, 0.15) is 24.8 Å². The molecular formula is C14H19NO2. The summed E-state index contributed by atoms with van der Waals surface area (Å²) in [5, 5.41) is 11.6. The van der Waals surface area contributed by atoms with Crippen LogP contribution in [0.5, 0.6) is 0 Å². The van der Waals surface area contributed by atoms with E-state index in [1.165, 1.54) is 5.56 Å². The van der Waals surface area contributed by atoms with Crippen molar-refractivity contribution in [3.63, 3.8) is 0 Å². The van der Waals surface area contributed by atoms with Crippen LogP contribution in [-0.4, -0.2) is 24.2 Å². The molecule has 1 atom stereocenters. The summed E-state index contributed by atoms with van der Waals surface area (Å²) in [6.45, 7) is 3.69. The van der Waals surface area contributed by atoms with Crippen LogP contribution in [-0.2, 0) is 4.79 Å². The van der Waals surface area contributed by atoms with Gasteiger partial charge in [0.2, 0.25) is 0 Å². The summed E-state index contributed by atoms with van der Waals surface area (Å²) < 4.78 is 0. The van der Waals surface area contributed by atoms with Gasteiger partial charge in [-0.25, -0.2) is 4.79 Å². The molecule has 0 fully saturated rings. The van der Waals surface area contributed by atoms with E-state index in [1.807, 2.05) is 6.07 Å². The quantitative estimate of drug-likeness (QED) is 0.561. The summed E-state index contributed by atoms with van der Waals surface area (Å²) in [5.41, 5.74) is 1.34. The molecule has 1 unspecified atom stereocenters. The summed E-state index contributed by atoms with van der Waals surface area (Å²) in [7, 11) is 0. The average molecular weight is 233 g/mol. The molecule has 2 N–H and O–H groups in total. The highest BCUT2D eigenvalue weighted by Crippen LogP contribution is 2.17. The van der Waals surface area contributed by atoms with E-state index in [-0.39, 0.29) is 0 Å². The summed E-state index contributed by atoms with van der Waals surface area (Å²) in [6.07, 6.45) is 3.83. The molecule has 1 aromatic carbocycles. The van der Waals surface area contributed by atoms with Crippen molar-refractivity contribution in [2.45, 2.75) is 19.3 Å². The van der Waals surface area contributed by atoms with E-state index in [1.54, 1.807) is 6.08 Å². The van der Waals surface area contributed by atoms with Gasteiger partial charge in [-0.05, 0) is 24.4 Å². The maximum Gasteiger partial charge on any atom is 0.328 e. The number of aliphatic carboxylic acids is 1.